The number of rotatable bonds is 3. The Hall–Kier alpha value is -1.79. The number of hydrogen-bond donors (Lipinski definition) is 2. The average molecular weight is 280 g/mol. The van der Waals surface area contributed by atoms with Crippen molar-refractivity contribution in [3.8, 4) is 5.75 Å². The van der Waals surface area contributed by atoms with E-state index in [2.05, 4.69) is 0 Å². The van der Waals surface area contributed by atoms with Gasteiger partial charge in [0.1, 0.15) is 5.75 Å². The Morgan fingerprint density at radius 3 is 3.00 bits per heavy atom. The van der Waals surface area contributed by atoms with Gasteiger partial charge in [-0.2, -0.15) is 0 Å². The monoisotopic (exact) mass is 280 g/mol. The summed E-state index contributed by atoms with van der Waals surface area (Å²) in [6.07, 6.45) is -0.345. The number of ether oxygens (including phenoxy) is 2. The predicted octanol–water partition coefficient (Wildman–Crippen LogP) is 0.499. The highest BCUT2D eigenvalue weighted by Gasteiger charge is 2.31. The zero-order valence-corrected chi connectivity index (χ0v) is 11.7. The quantitative estimate of drug-likeness (QED) is 0.788. The van der Waals surface area contributed by atoms with Crippen LogP contribution in [0.25, 0.3) is 0 Å². The summed E-state index contributed by atoms with van der Waals surface area (Å²) in [5, 5.41) is 9.18. The molecule has 1 aliphatic rings. The molecule has 0 radical (unpaired) electrons. The van der Waals surface area contributed by atoms with Gasteiger partial charge in [-0.15, -0.1) is 0 Å². The normalized spacial score (nSPS) is 22.6. The van der Waals surface area contributed by atoms with E-state index in [1.807, 2.05) is 6.92 Å². The van der Waals surface area contributed by atoms with Crippen molar-refractivity contribution in [1.29, 1.82) is 0 Å². The molecule has 110 valence electrons. The molecule has 2 atom stereocenters. The molecule has 1 aromatic carbocycles. The highest BCUT2D eigenvalue weighted by Crippen LogP contribution is 2.25. The van der Waals surface area contributed by atoms with Crippen molar-refractivity contribution in [3.05, 3.63) is 23.8 Å². The smallest absolute Gasteiger partial charge is 0.258 e. The van der Waals surface area contributed by atoms with Crippen LogP contribution in [0.1, 0.15) is 17.3 Å². The van der Waals surface area contributed by atoms with Gasteiger partial charge in [-0.1, -0.05) is 0 Å². The Labute approximate surface area is 118 Å². The van der Waals surface area contributed by atoms with Crippen molar-refractivity contribution in [2.24, 2.45) is 0 Å². The number of nitrogens with two attached hydrogens (primary N) is 1. The lowest BCUT2D eigenvalue weighted by atomic mass is 10.1. The first kappa shape index (κ1) is 14.6. The number of hydrogen-bond acceptors (Lipinski definition) is 5. The molecule has 0 aromatic heterocycles. The van der Waals surface area contributed by atoms with Gasteiger partial charge in [0.25, 0.3) is 5.91 Å². The van der Waals surface area contributed by atoms with E-state index in [4.69, 9.17) is 15.2 Å². The first-order chi connectivity index (χ1) is 9.56. The standard InChI is InChI=1S/C14H20N2O4/c1-9-8-20-11(7-17)6-16(9)14(18)12-5-10(15)3-4-13(12)19-2/h3-5,9,11,17H,6-8,15H2,1-2H3. The second-order valence-corrected chi connectivity index (χ2v) is 4.90. The van der Waals surface area contributed by atoms with Gasteiger partial charge in [-0.05, 0) is 25.1 Å². The van der Waals surface area contributed by atoms with E-state index in [9.17, 15) is 9.90 Å². The average Bonchev–Trinajstić information content (AvgIpc) is 2.47. The molecule has 1 aromatic rings. The van der Waals surface area contributed by atoms with Gasteiger partial charge in [-0.3, -0.25) is 4.79 Å². The highest BCUT2D eigenvalue weighted by molar-refractivity contribution is 5.98. The lowest BCUT2D eigenvalue weighted by molar-refractivity contribution is -0.0667. The molecule has 20 heavy (non-hydrogen) atoms. The van der Waals surface area contributed by atoms with Crippen LogP contribution in [0.4, 0.5) is 5.69 Å². The van der Waals surface area contributed by atoms with Crippen molar-refractivity contribution >= 4 is 11.6 Å². The summed E-state index contributed by atoms with van der Waals surface area (Å²) < 4.78 is 10.7. The van der Waals surface area contributed by atoms with Crippen LogP contribution in [-0.2, 0) is 4.74 Å². The summed E-state index contributed by atoms with van der Waals surface area (Å²) in [6, 6.07) is 4.92. The number of nitrogens with zero attached hydrogens (tertiary/aromatic N) is 1. The van der Waals surface area contributed by atoms with Crippen LogP contribution in [0.3, 0.4) is 0 Å². The van der Waals surface area contributed by atoms with Gasteiger partial charge in [-0.25, -0.2) is 0 Å². The minimum atomic E-state index is -0.345. The maximum absolute atomic E-state index is 12.7. The number of morpholine rings is 1. The van der Waals surface area contributed by atoms with Crippen LogP contribution in [0.2, 0.25) is 0 Å². The number of carbonyl (C=O) groups excluding carboxylic acids is 1. The number of benzene rings is 1. The van der Waals surface area contributed by atoms with Crippen molar-refractivity contribution in [2.45, 2.75) is 19.1 Å². The van der Waals surface area contributed by atoms with E-state index >= 15 is 0 Å². The summed E-state index contributed by atoms with van der Waals surface area (Å²) in [4.78, 5) is 14.3. The van der Waals surface area contributed by atoms with E-state index in [-0.39, 0.29) is 24.7 Å². The number of methoxy groups -OCH3 is 1. The molecule has 0 spiro atoms. The molecule has 0 saturated carbocycles. The van der Waals surface area contributed by atoms with E-state index in [1.165, 1.54) is 7.11 Å². The zero-order chi connectivity index (χ0) is 14.7. The van der Waals surface area contributed by atoms with Gasteiger partial charge >= 0.3 is 0 Å². The third kappa shape index (κ3) is 2.86. The van der Waals surface area contributed by atoms with Gasteiger partial charge in [0.05, 0.1) is 38.0 Å². The predicted molar refractivity (Wildman–Crippen MR) is 74.7 cm³/mol. The van der Waals surface area contributed by atoms with Crippen molar-refractivity contribution in [2.75, 3.05) is 32.6 Å². The van der Waals surface area contributed by atoms with E-state index in [0.29, 0.717) is 30.2 Å². The molecule has 1 aliphatic heterocycles. The second kappa shape index (κ2) is 6.11. The number of aliphatic hydroxyl groups excluding tert-OH is 1. The Morgan fingerprint density at radius 1 is 1.60 bits per heavy atom. The molecule has 1 amide bonds. The van der Waals surface area contributed by atoms with Gasteiger partial charge in [0.15, 0.2) is 0 Å². The van der Waals surface area contributed by atoms with Crippen LogP contribution in [-0.4, -0.2) is 54.9 Å². The number of anilines is 1. The van der Waals surface area contributed by atoms with Gasteiger partial charge in [0, 0.05) is 12.2 Å². The first-order valence-corrected chi connectivity index (χ1v) is 6.53. The number of nitrogen functional groups attached to an aromatic ring is 1. The summed E-state index contributed by atoms with van der Waals surface area (Å²) >= 11 is 0. The minimum Gasteiger partial charge on any atom is -0.496 e. The summed E-state index contributed by atoms with van der Waals surface area (Å²) in [5.41, 5.74) is 6.68. The third-order valence-electron chi connectivity index (χ3n) is 3.42. The topological polar surface area (TPSA) is 85.0 Å². The fourth-order valence-corrected chi connectivity index (χ4v) is 2.26. The maximum Gasteiger partial charge on any atom is 0.258 e. The lowest BCUT2D eigenvalue weighted by Crippen LogP contribution is -2.52. The molecule has 0 aliphatic carbocycles. The van der Waals surface area contributed by atoms with Crippen LogP contribution in [0, 0.1) is 0 Å². The molecule has 1 fully saturated rings. The SMILES string of the molecule is COc1ccc(N)cc1C(=O)N1CC(CO)OCC1C. The van der Waals surface area contributed by atoms with Crippen LogP contribution in [0.5, 0.6) is 5.75 Å². The zero-order valence-electron chi connectivity index (χ0n) is 11.7. The molecule has 0 bridgehead atoms. The fraction of sp³-hybridized carbons (Fsp3) is 0.500. The Bertz CT molecular complexity index is 492. The molecule has 1 heterocycles. The third-order valence-corrected chi connectivity index (χ3v) is 3.42. The van der Waals surface area contributed by atoms with E-state index in [0.717, 1.165) is 0 Å². The van der Waals surface area contributed by atoms with E-state index in [1.54, 1.807) is 23.1 Å². The van der Waals surface area contributed by atoms with Crippen molar-refractivity contribution in [1.82, 2.24) is 4.90 Å². The number of carbonyl (C=O) groups is 1. The Morgan fingerprint density at radius 2 is 2.35 bits per heavy atom. The fourth-order valence-electron chi connectivity index (χ4n) is 2.26. The minimum absolute atomic E-state index is 0.0589. The first-order valence-electron chi connectivity index (χ1n) is 6.53. The molecule has 3 N–H and O–H groups in total. The number of amides is 1. The second-order valence-electron chi connectivity index (χ2n) is 4.90. The highest BCUT2D eigenvalue weighted by atomic mass is 16.5. The largest absolute Gasteiger partial charge is 0.496 e. The summed E-state index contributed by atoms with van der Waals surface area (Å²) in [5.74, 6) is 0.326. The van der Waals surface area contributed by atoms with Crippen LogP contribution in [0.15, 0.2) is 18.2 Å². The molecule has 6 heteroatoms. The van der Waals surface area contributed by atoms with E-state index < -0.39 is 0 Å². The van der Waals surface area contributed by atoms with Gasteiger partial charge in [0.2, 0.25) is 0 Å². The Balaban J connectivity index is 2.27. The number of aliphatic hydroxyl groups is 1. The molecule has 2 unspecified atom stereocenters. The molecule has 2 rings (SSSR count). The molecule has 6 nitrogen and oxygen atoms in total. The van der Waals surface area contributed by atoms with Crippen LogP contribution < -0.4 is 10.5 Å². The summed E-state index contributed by atoms with van der Waals surface area (Å²) in [6.45, 7) is 2.56. The van der Waals surface area contributed by atoms with Crippen molar-refractivity contribution < 1.29 is 19.4 Å². The molecular weight excluding hydrogens is 260 g/mol. The summed E-state index contributed by atoms with van der Waals surface area (Å²) in [7, 11) is 1.52. The Kier molecular flexibility index (Phi) is 4.46. The lowest BCUT2D eigenvalue weighted by Gasteiger charge is -2.37. The molecular formula is C14H20N2O4. The molecule has 1 saturated heterocycles. The van der Waals surface area contributed by atoms with Gasteiger partial charge < -0.3 is 25.2 Å². The van der Waals surface area contributed by atoms with Crippen LogP contribution >= 0.6 is 0 Å². The van der Waals surface area contributed by atoms with Crippen molar-refractivity contribution in [3.63, 3.8) is 0 Å². The maximum atomic E-state index is 12.7.